The molecular formula is C17H14Cl2N4O. The molecule has 2 aromatic rings. The summed E-state index contributed by atoms with van der Waals surface area (Å²) in [4.78, 5) is 15.8. The highest BCUT2D eigenvalue weighted by molar-refractivity contribution is 6.34. The second-order valence-electron chi connectivity index (χ2n) is 4.73. The molecule has 24 heavy (non-hydrogen) atoms. The lowest BCUT2D eigenvalue weighted by molar-refractivity contribution is -0.116. The third-order valence-corrected chi connectivity index (χ3v) is 3.60. The SMILES string of the molecule is N#Cc1cccnc1NCCNC(=O)/C=C/c1cc(Cl)ccc1Cl. The van der Waals surface area contributed by atoms with Crippen LogP contribution >= 0.6 is 23.2 Å². The van der Waals surface area contributed by atoms with Gasteiger partial charge in [-0.1, -0.05) is 23.2 Å². The van der Waals surface area contributed by atoms with Crippen LogP contribution in [0.5, 0.6) is 0 Å². The monoisotopic (exact) mass is 360 g/mol. The van der Waals surface area contributed by atoms with Gasteiger partial charge in [0.25, 0.3) is 0 Å². The Labute approximate surface area is 149 Å². The van der Waals surface area contributed by atoms with Crippen molar-refractivity contribution >= 4 is 41.0 Å². The normalized spacial score (nSPS) is 10.4. The van der Waals surface area contributed by atoms with Gasteiger partial charge in [0.1, 0.15) is 11.9 Å². The van der Waals surface area contributed by atoms with E-state index in [2.05, 4.69) is 15.6 Å². The molecule has 0 unspecified atom stereocenters. The second-order valence-corrected chi connectivity index (χ2v) is 5.57. The van der Waals surface area contributed by atoms with Crippen LogP contribution in [0.2, 0.25) is 10.0 Å². The molecule has 1 aromatic heterocycles. The van der Waals surface area contributed by atoms with E-state index in [0.717, 1.165) is 0 Å². The standard InChI is InChI=1S/C17H14Cl2N4O/c18-14-4-5-15(19)12(10-14)3-6-16(24)21-8-9-23-17-13(11-20)2-1-7-22-17/h1-7,10H,8-9H2,(H,21,24)(H,22,23)/b6-3+. The van der Waals surface area contributed by atoms with Gasteiger partial charge in [-0.15, -0.1) is 0 Å². The highest BCUT2D eigenvalue weighted by atomic mass is 35.5. The lowest BCUT2D eigenvalue weighted by Gasteiger charge is -2.07. The average Bonchev–Trinajstić information content (AvgIpc) is 2.59. The maximum Gasteiger partial charge on any atom is 0.244 e. The Kier molecular flexibility index (Phi) is 6.62. The maximum absolute atomic E-state index is 11.8. The molecule has 0 aliphatic rings. The zero-order valence-corrected chi connectivity index (χ0v) is 14.1. The zero-order chi connectivity index (χ0) is 17.4. The first-order chi connectivity index (χ1) is 11.6. The number of nitriles is 1. The van der Waals surface area contributed by atoms with Gasteiger partial charge in [0.2, 0.25) is 5.91 Å². The predicted octanol–water partition coefficient (Wildman–Crippen LogP) is 3.50. The number of benzene rings is 1. The van der Waals surface area contributed by atoms with Crippen molar-refractivity contribution < 1.29 is 4.79 Å². The fourth-order valence-corrected chi connectivity index (χ4v) is 2.23. The van der Waals surface area contributed by atoms with Crippen LogP contribution in [0.15, 0.2) is 42.6 Å². The van der Waals surface area contributed by atoms with E-state index in [0.29, 0.717) is 40.1 Å². The molecule has 1 heterocycles. The molecule has 1 amide bonds. The number of rotatable bonds is 6. The topological polar surface area (TPSA) is 77.8 Å². The number of hydrogen-bond donors (Lipinski definition) is 2. The number of nitrogens with one attached hydrogen (secondary N) is 2. The molecule has 7 heteroatoms. The summed E-state index contributed by atoms with van der Waals surface area (Å²) in [6, 6.07) is 10.4. The molecule has 0 saturated heterocycles. The van der Waals surface area contributed by atoms with E-state index in [-0.39, 0.29) is 5.91 Å². The van der Waals surface area contributed by atoms with Crippen LogP contribution in [0.3, 0.4) is 0 Å². The van der Waals surface area contributed by atoms with Gasteiger partial charge in [0.05, 0.1) is 5.56 Å². The molecule has 0 spiro atoms. The van der Waals surface area contributed by atoms with Crippen molar-refractivity contribution in [3.63, 3.8) is 0 Å². The summed E-state index contributed by atoms with van der Waals surface area (Å²) in [5.41, 5.74) is 1.13. The predicted molar refractivity (Wildman–Crippen MR) is 95.9 cm³/mol. The molecule has 0 aliphatic heterocycles. The van der Waals surface area contributed by atoms with Gasteiger partial charge in [-0.25, -0.2) is 4.98 Å². The minimum absolute atomic E-state index is 0.255. The van der Waals surface area contributed by atoms with Crippen molar-refractivity contribution in [1.29, 1.82) is 5.26 Å². The molecule has 1 aromatic carbocycles. The van der Waals surface area contributed by atoms with Crippen LogP contribution in [0.4, 0.5) is 5.82 Å². The van der Waals surface area contributed by atoms with Crippen molar-refractivity contribution in [2.45, 2.75) is 0 Å². The average molecular weight is 361 g/mol. The van der Waals surface area contributed by atoms with Gasteiger partial charge < -0.3 is 10.6 Å². The van der Waals surface area contributed by atoms with Crippen LogP contribution in [0, 0.1) is 11.3 Å². The third-order valence-electron chi connectivity index (χ3n) is 3.02. The number of hydrogen-bond acceptors (Lipinski definition) is 4. The number of anilines is 1. The largest absolute Gasteiger partial charge is 0.367 e. The first-order valence-corrected chi connectivity index (χ1v) is 7.85. The maximum atomic E-state index is 11.8. The summed E-state index contributed by atoms with van der Waals surface area (Å²) < 4.78 is 0. The highest BCUT2D eigenvalue weighted by Crippen LogP contribution is 2.21. The molecule has 2 N–H and O–H groups in total. The van der Waals surface area contributed by atoms with Crippen molar-refractivity contribution in [3.05, 3.63) is 63.8 Å². The first kappa shape index (κ1) is 17.8. The second kappa shape index (κ2) is 8.92. The summed E-state index contributed by atoms with van der Waals surface area (Å²) >= 11 is 11.9. The molecule has 0 atom stereocenters. The van der Waals surface area contributed by atoms with Gasteiger partial charge in [-0.3, -0.25) is 4.79 Å². The summed E-state index contributed by atoms with van der Waals surface area (Å²) in [6.45, 7) is 0.830. The minimum Gasteiger partial charge on any atom is -0.367 e. The van der Waals surface area contributed by atoms with Crippen LogP contribution in [0.1, 0.15) is 11.1 Å². The fraction of sp³-hybridized carbons (Fsp3) is 0.118. The Morgan fingerprint density at radius 3 is 2.92 bits per heavy atom. The van der Waals surface area contributed by atoms with Crippen LogP contribution in [-0.2, 0) is 4.79 Å². The Morgan fingerprint density at radius 2 is 2.12 bits per heavy atom. The lowest BCUT2D eigenvalue weighted by Crippen LogP contribution is -2.27. The third kappa shape index (κ3) is 5.27. The molecule has 0 bridgehead atoms. The molecule has 0 radical (unpaired) electrons. The Hall–Kier alpha value is -2.55. The van der Waals surface area contributed by atoms with Crippen LogP contribution in [0.25, 0.3) is 6.08 Å². The van der Waals surface area contributed by atoms with E-state index in [4.69, 9.17) is 28.5 Å². The molecule has 0 aliphatic carbocycles. The van der Waals surface area contributed by atoms with E-state index >= 15 is 0 Å². The quantitative estimate of drug-likeness (QED) is 0.610. The number of aromatic nitrogens is 1. The molecule has 0 fully saturated rings. The number of carbonyl (C=O) groups is 1. The van der Waals surface area contributed by atoms with Gasteiger partial charge in [0.15, 0.2) is 0 Å². The lowest BCUT2D eigenvalue weighted by atomic mass is 10.2. The van der Waals surface area contributed by atoms with E-state index in [9.17, 15) is 4.79 Å². The van der Waals surface area contributed by atoms with Gasteiger partial charge in [0, 0.05) is 35.4 Å². The molecular weight excluding hydrogens is 347 g/mol. The van der Waals surface area contributed by atoms with Crippen LogP contribution < -0.4 is 10.6 Å². The first-order valence-electron chi connectivity index (χ1n) is 7.10. The Bertz CT molecular complexity index is 799. The summed E-state index contributed by atoms with van der Waals surface area (Å²) in [5.74, 6) is 0.241. The molecule has 0 saturated carbocycles. The summed E-state index contributed by atoms with van der Waals surface area (Å²) in [5, 5.41) is 15.7. The van der Waals surface area contributed by atoms with E-state index in [1.165, 1.54) is 6.08 Å². The number of nitrogens with zero attached hydrogens (tertiary/aromatic N) is 2. The highest BCUT2D eigenvalue weighted by Gasteiger charge is 2.02. The summed E-state index contributed by atoms with van der Waals surface area (Å²) in [7, 11) is 0. The van der Waals surface area contributed by atoms with Crippen molar-refractivity contribution in [3.8, 4) is 6.07 Å². The van der Waals surface area contributed by atoms with Gasteiger partial charge >= 0.3 is 0 Å². The van der Waals surface area contributed by atoms with Crippen molar-refractivity contribution in [2.75, 3.05) is 18.4 Å². The van der Waals surface area contributed by atoms with Crippen molar-refractivity contribution in [1.82, 2.24) is 10.3 Å². The van der Waals surface area contributed by atoms with Gasteiger partial charge in [-0.05, 0) is 42.0 Å². The Balaban J connectivity index is 1.80. The van der Waals surface area contributed by atoms with E-state index < -0.39 is 0 Å². The van der Waals surface area contributed by atoms with E-state index in [1.54, 1.807) is 42.6 Å². The summed E-state index contributed by atoms with van der Waals surface area (Å²) in [6.07, 6.45) is 4.59. The van der Waals surface area contributed by atoms with Crippen molar-refractivity contribution in [2.24, 2.45) is 0 Å². The smallest absolute Gasteiger partial charge is 0.244 e. The van der Waals surface area contributed by atoms with Gasteiger partial charge in [-0.2, -0.15) is 5.26 Å². The zero-order valence-electron chi connectivity index (χ0n) is 12.6. The fourth-order valence-electron chi connectivity index (χ4n) is 1.87. The molecule has 122 valence electrons. The number of amides is 1. The number of pyridine rings is 1. The molecule has 5 nitrogen and oxygen atoms in total. The number of halogens is 2. The minimum atomic E-state index is -0.255. The van der Waals surface area contributed by atoms with Crippen LogP contribution in [-0.4, -0.2) is 24.0 Å². The Morgan fingerprint density at radius 1 is 1.29 bits per heavy atom. The number of carbonyl (C=O) groups excluding carboxylic acids is 1. The van der Waals surface area contributed by atoms with E-state index in [1.807, 2.05) is 6.07 Å². The molecule has 2 rings (SSSR count).